The van der Waals surface area contributed by atoms with E-state index in [1.54, 1.807) is 0 Å². The van der Waals surface area contributed by atoms with Crippen LogP contribution in [0.2, 0.25) is 0 Å². The highest BCUT2D eigenvalue weighted by molar-refractivity contribution is 5.29. The van der Waals surface area contributed by atoms with Gasteiger partial charge in [-0.1, -0.05) is 17.7 Å². The predicted octanol–water partition coefficient (Wildman–Crippen LogP) is 0.582. The predicted molar refractivity (Wildman–Crippen MR) is 41.5 cm³/mol. The Morgan fingerprint density at radius 1 is 1.80 bits per heavy atom. The van der Waals surface area contributed by atoms with E-state index >= 15 is 0 Å². The van der Waals surface area contributed by atoms with Gasteiger partial charge in [0, 0.05) is 6.04 Å². The summed E-state index contributed by atoms with van der Waals surface area (Å²) in [6, 6.07) is 0.104. The van der Waals surface area contributed by atoms with Gasteiger partial charge in [-0.3, -0.25) is 0 Å². The maximum absolute atomic E-state index is 8.78. The van der Waals surface area contributed by atoms with Gasteiger partial charge in [0.1, 0.15) is 0 Å². The van der Waals surface area contributed by atoms with Crippen molar-refractivity contribution in [3.8, 4) is 0 Å². The maximum atomic E-state index is 8.78. The third-order valence-electron chi connectivity index (χ3n) is 1.61. The number of nitrogens with two attached hydrogens (primary N) is 1. The van der Waals surface area contributed by atoms with Crippen molar-refractivity contribution in [1.82, 2.24) is 0 Å². The van der Waals surface area contributed by atoms with Gasteiger partial charge in [0.15, 0.2) is 0 Å². The summed E-state index contributed by atoms with van der Waals surface area (Å²) in [6.45, 7) is 2.13. The Morgan fingerprint density at radius 2 is 2.50 bits per heavy atom. The first-order chi connectivity index (χ1) is 4.72. The Labute approximate surface area is 61.0 Å². The smallest absolute Gasteiger partial charge is 0.0645 e. The molecule has 0 spiro atoms. The van der Waals surface area contributed by atoms with E-state index in [0.717, 1.165) is 17.6 Å². The number of hydrogen-bond acceptors (Lipinski definition) is 2. The summed E-state index contributed by atoms with van der Waals surface area (Å²) < 4.78 is 0. The standard InChI is InChI=1S/C8H13NO/c1-6-2-7(5-10)4-8(9)3-6/h2-3,8,10H,4-5,9H2,1H3. The lowest BCUT2D eigenvalue weighted by atomic mass is 9.97. The molecule has 0 aromatic heterocycles. The van der Waals surface area contributed by atoms with Gasteiger partial charge in [-0.05, 0) is 18.9 Å². The highest BCUT2D eigenvalue weighted by atomic mass is 16.3. The van der Waals surface area contributed by atoms with Crippen molar-refractivity contribution in [3.63, 3.8) is 0 Å². The molecule has 0 saturated heterocycles. The van der Waals surface area contributed by atoms with Crippen molar-refractivity contribution in [3.05, 3.63) is 23.3 Å². The molecule has 1 aliphatic carbocycles. The molecule has 1 aliphatic rings. The summed E-state index contributed by atoms with van der Waals surface area (Å²) in [6.07, 6.45) is 4.80. The molecular formula is C8H13NO. The largest absolute Gasteiger partial charge is 0.392 e. The van der Waals surface area contributed by atoms with E-state index in [1.165, 1.54) is 0 Å². The van der Waals surface area contributed by atoms with Crippen LogP contribution in [0.25, 0.3) is 0 Å². The zero-order valence-corrected chi connectivity index (χ0v) is 6.17. The summed E-state index contributed by atoms with van der Waals surface area (Å²) >= 11 is 0. The highest BCUT2D eigenvalue weighted by Crippen LogP contribution is 2.14. The normalized spacial score (nSPS) is 25.7. The molecule has 0 heterocycles. The summed E-state index contributed by atoms with van der Waals surface area (Å²) in [5.41, 5.74) is 7.85. The van der Waals surface area contributed by atoms with Crippen LogP contribution in [0.4, 0.5) is 0 Å². The quantitative estimate of drug-likeness (QED) is 0.558. The van der Waals surface area contributed by atoms with Crippen LogP contribution in [0, 0.1) is 0 Å². The summed E-state index contributed by atoms with van der Waals surface area (Å²) in [5, 5.41) is 8.78. The third kappa shape index (κ3) is 1.69. The van der Waals surface area contributed by atoms with Crippen LogP contribution in [0.1, 0.15) is 13.3 Å². The van der Waals surface area contributed by atoms with Gasteiger partial charge in [0.05, 0.1) is 6.61 Å². The van der Waals surface area contributed by atoms with Gasteiger partial charge in [-0.15, -0.1) is 0 Å². The fourth-order valence-corrected chi connectivity index (χ4v) is 1.24. The topological polar surface area (TPSA) is 46.2 Å². The van der Waals surface area contributed by atoms with Gasteiger partial charge >= 0.3 is 0 Å². The minimum Gasteiger partial charge on any atom is -0.392 e. The molecule has 56 valence electrons. The summed E-state index contributed by atoms with van der Waals surface area (Å²) in [7, 11) is 0. The molecule has 1 atom stereocenters. The van der Waals surface area contributed by atoms with E-state index in [-0.39, 0.29) is 12.6 Å². The van der Waals surface area contributed by atoms with Crippen LogP contribution in [0.5, 0.6) is 0 Å². The minimum absolute atomic E-state index is 0.104. The van der Waals surface area contributed by atoms with Crippen LogP contribution in [0.15, 0.2) is 23.3 Å². The average molecular weight is 139 g/mol. The molecule has 0 radical (unpaired) electrons. The fraction of sp³-hybridized carbons (Fsp3) is 0.500. The molecule has 0 amide bonds. The Hall–Kier alpha value is -0.600. The zero-order valence-electron chi connectivity index (χ0n) is 6.17. The molecule has 1 unspecified atom stereocenters. The maximum Gasteiger partial charge on any atom is 0.0645 e. The van der Waals surface area contributed by atoms with Gasteiger partial charge in [-0.25, -0.2) is 0 Å². The molecule has 0 aromatic carbocycles. The molecule has 10 heavy (non-hydrogen) atoms. The fourth-order valence-electron chi connectivity index (χ4n) is 1.24. The molecule has 2 heteroatoms. The lowest BCUT2D eigenvalue weighted by molar-refractivity contribution is 0.324. The monoisotopic (exact) mass is 139 g/mol. The minimum atomic E-state index is 0.104. The molecule has 0 fully saturated rings. The number of rotatable bonds is 1. The van der Waals surface area contributed by atoms with E-state index in [1.807, 2.05) is 19.1 Å². The molecule has 0 saturated carbocycles. The molecular weight excluding hydrogens is 126 g/mol. The second-order valence-corrected chi connectivity index (χ2v) is 2.74. The molecule has 0 aromatic rings. The lowest BCUT2D eigenvalue weighted by Gasteiger charge is -2.14. The van der Waals surface area contributed by atoms with Crippen molar-refractivity contribution in [2.45, 2.75) is 19.4 Å². The van der Waals surface area contributed by atoms with Crippen LogP contribution in [0.3, 0.4) is 0 Å². The van der Waals surface area contributed by atoms with Gasteiger partial charge in [0.25, 0.3) is 0 Å². The summed E-state index contributed by atoms with van der Waals surface area (Å²) in [5.74, 6) is 0. The van der Waals surface area contributed by atoms with E-state index in [0.29, 0.717) is 0 Å². The highest BCUT2D eigenvalue weighted by Gasteiger charge is 2.07. The van der Waals surface area contributed by atoms with Gasteiger partial charge < -0.3 is 10.8 Å². The van der Waals surface area contributed by atoms with Gasteiger partial charge in [0.2, 0.25) is 0 Å². The van der Waals surface area contributed by atoms with Crippen LogP contribution < -0.4 is 5.73 Å². The van der Waals surface area contributed by atoms with Crippen LogP contribution in [-0.4, -0.2) is 17.8 Å². The van der Waals surface area contributed by atoms with Crippen molar-refractivity contribution < 1.29 is 5.11 Å². The lowest BCUT2D eigenvalue weighted by Crippen LogP contribution is -2.21. The Balaban J connectivity index is 2.70. The number of hydrogen-bond donors (Lipinski definition) is 2. The Bertz CT molecular complexity index is 182. The van der Waals surface area contributed by atoms with E-state index < -0.39 is 0 Å². The van der Waals surface area contributed by atoms with Crippen molar-refractivity contribution in [2.24, 2.45) is 5.73 Å². The van der Waals surface area contributed by atoms with Crippen LogP contribution in [-0.2, 0) is 0 Å². The third-order valence-corrected chi connectivity index (χ3v) is 1.61. The first-order valence-electron chi connectivity index (χ1n) is 3.46. The molecule has 0 bridgehead atoms. The van der Waals surface area contributed by atoms with Crippen molar-refractivity contribution >= 4 is 0 Å². The van der Waals surface area contributed by atoms with Crippen molar-refractivity contribution in [2.75, 3.05) is 6.61 Å². The SMILES string of the molecule is CC1=CC(N)CC(CO)=C1. The molecule has 3 N–H and O–H groups in total. The van der Waals surface area contributed by atoms with Crippen molar-refractivity contribution in [1.29, 1.82) is 0 Å². The van der Waals surface area contributed by atoms with E-state index in [9.17, 15) is 0 Å². The van der Waals surface area contributed by atoms with E-state index in [2.05, 4.69) is 0 Å². The van der Waals surface area contributed by atoms with Gasteiger partial charge in [-0.2, -0.15) is 0 Å². The van der Waals surface area contributed by atoms with Crippen LogP contribution >= 0.6 is 0 Å². The molecule has 0 aliphatic heterocycles. The average Bonchev–Trinajstić information content (AvgIpc) is 1.85. The first-order valence-corrected chi connectivity index (χ1v) is 3.46. The van der Waals surface area contributed by atoms with E-state index in [4.69, 9.17) is 10.8 Å². The second kappa shape index (κ2) is 2.99. The summed E-state index contributed by atoms with van der Waals surface area (Å²) in [4.78, 5) is 0. The zero-order chi connectivity index (χ0) is 7.56. The number of allylic oxidation sites excluding steroid dienone is 2. The number of aliphatic hydroxyl groups excluding tert-OH is 1. The Morgan fingerprint density at radius 3 is 3.00 bits per heavy atom. The second-order valence-electron chi connectivity index (χ2n) is 2.74. The molecule has 1 rings (SSSR count). The molecule has 2 nitrogen and oxygen atoms in total. The Kier molecular flexibility index (Phi) is 2.25. The first kappa shape index (κ1) is 7.51. The number of aliphatic hydroxyl groups is 1.